The van der Waals surface area contributed by atoms with Gasteiger partial charge in [-0.2, -0.15) is 0 Å². The summed E-state index contributed by atoms with van der Waals surface area (Å²) in [6.45, 7) is 2.20. The van der Waals surface area contributed by atoms with Gasteiger partial charge in [0, 0.05) is 6.42 Å². The van der Waals surface area contributed by atoms with Crippen LogP contribution in [0.4, 0.5) is 0 Å². The molecule has 0 spiro atoms. The molecule has 0 aromatic carbocycles. The van der Waals surface area contributed by atoms with Crippen molar-refractivity contribution in [1.29, 1.82) is 0 Å². The molecule has 0 atom stereocenters. The molecule has 1 N–H and O–H groups in total. The summed E-state index contributed by atoms with van der Waals surface area (Å²) in [6, 6.07) is 0. The Balaban J connectivity index is 3.27. The molecule has 0 rings (SSSR count). The molecule has 2 nitrogen and oxygen atoms in total. The van der Waals surface area contributed by atoms with Crippen LogP contribution >= 0.6 is 15.9 Å². The molecule has 0 aliphatic carbocycles. The van der Waals surface area contributed by atoms with Crippen molar-refractivity contribution in [2.75, 3.05) is 0 Å². The van der Waals surface area contributed by atoms with E-state index in [0.29, 0.717) is 0 Å². The smallest absolute Gasteiger partial charge is 0.303 e. The summed E-state index contributed by atoms with van der Waals surface area (Å²) < 4.78 is 1.20. The van der Waals surface area contributed by atoms with E-state index in [1.54, 1.807) is 0 Å². The maximum Gasteiger partial charge on any atom is 0.303 e. The molecular formula is C27H47BrO2. The number of halogens is 1. The van der Waals surface area contributed by atoms with Gasteiger partial charge in [0.25, 0.3) is 0 Å². The van der Waals surface area contributed by atoms with Crippen LogP contribution in [0, 0.1) is 0 Å². The van der Waals surface area contributed by atoms with Crippen LogP contribution in [0.25, 0.3) is 0 Å². The normalized spacial score (nSPS) is 12.4. The van der Waals surface area contributed by atoms with E-state index in [1.807, 2.05) is 0 Å². The Hall–Kier alpha value is -0.830. The zero-order chi connectivity index (χ0) is 22.1. The fourth-order valence-electron chi connectivity index (χ4n) is 3.47. The Morgan fingerprint density at radius 1 is 0.633 bits per heavy atom. The van der Waals surface area contributed by atoms with Crippen molar-refractivity contribution in [2.45, 2.75) is 129 Å². The van der Waals surface area contributed by atoms with Crippen LogP contribution in [-0.2, 0) is 4.79 Å². The fourth-order valence-corrected chi connectivity index (χ4v) is 3.93. The highest BCUT2D eigenvalue weighted by Crippen LogP contribution is 2.16. The van der Waals surface area contributed by atoms with Gasteiger partial charge < -0.3 is 5.11 Å². The third kappa shape index (κ3) is 25.2. The van der Waals surface area contributed by atoms with E-state index >= 15 is 0 Å². The summed E-state index contributed by atoms with van der Waals surface area (Å²) in [7, 11) is 0. The third-order valence-corrected chi connectivity index (χ3v) is 6.04. The average Bonchev–Trinajstić information content (AvgIpc) is 2.72. The lowest BCUT2D eigenvalue weighted by molar-refractivity contribution is -0.137. The zero-order valence-corrected chi connectivity index (χ0v) is 21.1. The van der Waals surface area contributed by atoms with E-state index in [4.69, 9.17) is 5.11 Å². The average molecular weight is 484 g/mol. The first-order valence-electron chi connectivity index (χ1n) is 12.5. The van der Waals surface area contributed by atoms with Crippen LogP contribution in [0.5, 0.6) is 0 Å². The van der Waals surface area contributed by atoms with Crippen LogP contribution in [0.2, 0.25) is 0 Å². The molecule has 30 heavy (non-hydrogen) atoms. The van der Waals surface area contributed by atoms with Crippen molar-refractivity contribution in [3.05, 3.63) is 34.9 Å². The molecule has 0 aliphatic rings. The van der Waals surface area contributed by atoms with Gasteiger partial charge in [0.2, 0.25) is 0 Å². The number of carboxylic acid groups (broad SMARTS) is 1. The molecule has 0 bridgehead atoms. The van der Waals surface area contributed by atoms with Crippen molar-refractivity contribution in [3.8, 4) is 0 Å². The van der Waals surface area contributed by atoms with Gasteiger partial charge in [0.15, 0.2) is 0 Å². The van der Waals surface area contributed by atoms with Gasteiger partial charge in [-0.05, 0) is 62.3 Å². The first-order valence-corrected chi connectivity index (χ1v) is 13.3. The molecule has 0 fully saturated rings. The van der Waals surface area contributed by atoms with E-state index in [-0.39, 0.29) is 6.42 Å². The maximum atomic E-state index is 10.5. The first kappa shape index (κ1) is 29.2. The van der Waals surface area contributed by atoms with E-state index in [9.17, 15) is 4.79 Å². The van der Waals surface area contributed by atoms with Gasteiger partial charge in [-0.1, -0.05) is 111 Å². The molecular weight excluding hydrogens is 436 g/mol. The molecule has 0 saturated carbocycles. The molecule has 174 valence electrons. The third-order valence-electron chi connectivity index (χ3n) is 5.32. The molecule has 3 heteroatoms. The maximum absolute atomic E-state index is 10.5. The highest BCUT2D eigenvalue weighted by Gasteiger charge is 1.96. The molecule has 0 aromatic heterocycles. The Labute approximate surface area is 195 Å². The minimum Gasteiger partial charge on any atom is -0.481 e. The van der Waals surface area contributed by atoms with Gasteiger partial charge in [-0.15, -0.1) is 0 Å². The lowest BCUT2D eigenvalue weighted by atomic mass is 10.0. The van der Waals surface area contributed by atoms with Crippen molar-refractivity contribution >= 4 is 21.9 Å². The van der Waals surface area contributed by atoms with Crippen LogP contribution in [0.15, 0.2) is 34.9 Å². The summed E-state index contributed by atoms with van der Waals surface area (Å²) in [5, 5.41) is 8.61. The number of rotatable bonds is 22. The standard InChI is InChI=1S/C27H47BrO2/c1-2-3-4-5-6-7-8-9-10-11-12-13-14-15-16-17-18-19-20-23-26(28)24-21-22-25-27(29)30/h3-4,18-19,24H,2,5-17,20-23,25H2,1H3,(H,29,30)/b4-3-,19-18-,26-24+. The van der Waals surface area contributed by atoms with Gasteiger partial charge in [0.1, 0.15) is 0 Å². The Kier molecular flexibility index (Phi) is 23.8. The van der Waals surface area contributed by atoms with E-state index in [0.717, 1.165) is 25.7 Å². The summed E-state index contributed by atoms with van der Waals surface area (Å²) in [6.07, 6.45) is 34.2. The van der Waals surface area contributed by atoms with Gasteiger partial charge in [0.05, 0.1) is 0 Å². The molecule has 0 amide bonds. The largest absolute Gasteiger partial charge is 0.481 e. The highest BCUT2D eigenvalue weighted by molar-refractivity contribution is 9.11. The Bertz CT molecular complexity index is 465. The topological polar surface area (TPSA) is 37.3 Å². The second kappa shape index (κ2) is 24.4. The molecule has 0 heterocycles. The molecule has 0 aromatic rings. The molecule has 0 saturated heterocycles. The van der Waals surface area contributed by atoms with E-state index in [2.05, 4.69) is 53.2 Å². The van der Waals surface area contributed by atoms with Crippen molar-refractivity contribution < 1.29 is 9.90 Å². The highest BCUT2D eigenvalue weighted by atomic mass is 79.9. The lowest BCUT2D eigenvalue weighted by Crippen LogP contribution is -1.92. The summed E-state index contributed by atoms with van der Waals surface area (Å²) in [4.78, 5) is 10.5. The molecule has 0 unspecified atom stereocenters. The second-order valence-electron chi connectivity index (χ2n) is 8.29. The number of carbonyl (C=O) groups is 1. The summed E-state index contributed by atoms with van der Waals surface area (Å²) >= 11 is 3.58. The number of hydrogen-bond donors (Lipinski definition) is 1. The van der Waals surface area contributed by atoms with E-state index < -0.39 is 5.97 Å². The van der Waals surface area contributed by atoms with Gasteiger partial charge in [-0.3, -0.25) is 4.79 Å². The van der Waals surface area contributed by atoms with Crippen molar-refractivity contribution in [1.82, 2.24) is 0 Å². The number of carboxylic acids is 1. The minimum atomic E-state index is -0.709. The lowest BCUT2D eigenvalue weighted by Gasteiger charge is -2.02. The van der Waals surface area contributed by atoms with Crippen molar-refractivity contribution in [3.63, 3.8) is 0 Å². The first-order chi connectivity index (χ1) is 14.7. The molecule has 0 aliphatic heterocycles. The quantitative estimate of drug-likeness (QED) is 0.123. The summed E-state index contributed by atoms with van der Waals surface area (Å²) in [5.74, 6) is -0.709. The summed E-state index contributed by atoms with van der Waals surface area (Å²) in [5.41, 5.74) is 0. The fraction of sp³-hybridized carbons (Fsp3) is 0.741. The van der Waals surface area contributed by atoms with E-state index in [1.165, 1.54) is 94.4 Å². The number of aliphatic carboxylic acids is 1. The van der Waals surface area contributed by atoms with Crippen molar-refractivity contribution in [2.24, 2.45) is 0 Å². The zero-order valence-electron chi connectivity index (χ0n) is 19.6. The number of allylic oxidation sites excluding steroid dienone is 6. The Morgan fingerprint density at radius 2 is 1.10 bits per heavy atom. The van der Waals surface area contributed by atoms with Gasteiger partial charge in [-0.25, -0.2) is 0 Å². The van der Waals surface area contributed by atoms with Crippen LogP contribution in [0.1, 0.15) is 129 Å². The van der Waals surface area contributed by atoms with Crippen LogP contribution in [-0.4, -0.2) is 11.1 Å². The predicted molar refractivity (Wildman–Crippen MR) is 136 cm³/mol. The molecule has 0 radical (unpaired) electrons. The number of unbranched alkanes of at least 4 members (excludes halogenated alkanes) is 13. The van der Waals surface area contributed by atoms with Gasteiger partial charge >= 0.3 is 5.97 Å². The minimum absolute atomic E-state index is 0.258. The van der Waals surface area contributed by atoms with Crippen LogP contribution < -0.4 is 0 Å². The second-order valence-corrected chi connectivity index (χ2v) is 9.31. The number of hydrogen-bond acceptors (Lipinski definition) is 1. The monoisotopic (exact) mass is 482 g/mol. The predicted octanol–water partition coefficient (Wildman–Crippen LogP) is 9.89. The SMILES string of the molecule is CC/C=C\CCCCCCCCCCCCC/C=C\CC/C(Br)=C\CCCC(=O)O. The van der Waals surface area contributed by atoms with Crippen LogP contribution in [0.3, 0.4) is 0 Å². The Morgan fingerprint density at radius 3 is 1.60 bits per heavy atom.